The Balaban J connectivity index is 1.68. The summed E-state index contributed by atoms with van der Waals surface area (Å²) < 4.78 is 19.2. The molecule has 3 N–H and O–H groups in total. The van der Waals surface area contributed by atoms with Crippen LogP contribution < -0.4 is 20.7 Å². The maximum Gasteiger partial charge on any atom is 0.227 e. The fourth-order valence-electron chi connectivity index (χ4n) is 2.30. The number of pyridine rings is 1. The van der Waals surface area contributed by atoms with E-state index in [2.05, 4.69) is 25.9 Å². The zero-order valence-electron chi connectivity index (χ0n) is 16.3. The van der Waals surface area contributed by atoms with Crippen LogP contribution in [0.5, 0.6) is 5.75 Å². The quantitative estimate of drug-likeness (QED) is 0.478. The van der Waals surface area contributed by atoms with Gasteiger partial charge < -0.3 is 20.7 Å². The van der Waals surface area contributed by atoms with E-state index in [-0.39, 0.29) is 24.2 Å². The number of nitrogens with one attached hydrogen (secondary N) is 3. The molecule has 0 saturated heterocycles. The fourth-order valence-corrected chi connectivity index (χ4v) is 2.30. The number of carbonyl (C=O) groups excluding carboxylic acids is 1. The van der Waals surface area contributed by atoms with Gasteiger partial charge in [-0.15, -0.1) is 0 Å². The Labute approximate surface area is 164 Å². The van der Waals surface area contributed by atoms with Gasteiger partial charge in [-0.05, 0) is 37.6 Å². The van der Waals surface area contributed by atoms with E-state index >= 15 is 0 Å². The van der Waals surface area contributed by atoms with E-state index in [1.54, 1.807) is 37.5 Å². The second kappa shape index (κ2) is 10.9. The van der Waals surface area contributed by atoms with Crippen molar-refractivity contribution < 1.29 is 13.9 Å². The summed E-state index contributed by atoms with van der Waals surface area (Å²) in [5.74, 6) is 0.727. The summed E-state index contributed by atoms with van der Waals surface area (Å²) in [4.78, 5) is 20.2. The van der Waals surface area contributed by atoms with Gasteiger partial charge in [-0.1, -0.05) is 18.2 Å². The minimum absolute atomic E-state index is 0.143. The third kappa shape index (κ3) is 7.22. The van der Waals surface area contributed by atoms with Crippen molar-refractivity contribution >= 4 is 17.7 Å². The molecule has 0 aliphatic carbocycles. The SMILES string of the molecule is CN=C(NCCC(=O)Nc1ccc(C)cn1)NCC(C)Oc1ccccc1F. The minimum Gasteiger partial charge on any atom is -0.486 e. The number of aromatic nitrogens is 1. The summed E-state index contributed by atoms with van der Waals surface area (Å²) in [6.07, 6.45) is 1.69. The average Bonchev–Trinajstić information content (AvgIpc) is 2.68. The highest BCUT2D eigenvalue weighted by molar-refractivity contribution is 5.90. The van der Waals surface area contributed by atoms with Crippen molar-refractivity contribution in [3.63, 3.8) is 0 Å². The Morgan fingerprint density at radius 2 is 2.04 bits per heavy atom. The lowest BCUT2D eigenvalue weighted by Crippen LogP contribution is -2.42. The first-order valence-corrected chi connectivity index (χ1v) is 9.06. The van der Waals surface area contributed by atoms with Crippen molar-refractivity contribution in [3.8, 4) is 5.75 Å². The molecule has 0 radical (unpaired) electrons. The van der Waals surface area contributed by atoms with Gasteiger partial charge in [-0.3, -0.25) is 9.79 Å². The van der Waals surface area contributed by atoms with Gasteiger partial charge in [-0.25, -0.2) is 9.37 Å². The zero-order chi connectivity index (χ0) is 20.4. The van der Waals surface area contributed by atoms with Gasteiger partial charge >= 0.3 is 0 Å². The molecule has 0 saturated carbocycles. The smallest absolute Gasteiger partial charge is 0.227 e. The van der Waals surface area contributed by atoms with E-state index in [4.69, 9.17) is 4.74 Å². The number of hydrogen-bond acceptors (Lipinski definition) is 4. The highest BCUT2D eigenvalue weighted by Crippen LogP contribution is 2.16. The number of carbonyl (C=O) groups is 1. The molecule has 2 rings (SSSR count). The molecular formula is C20H26FN5O2. The predicted octanol–water partition coefficient (Wildman–Crippen LogP) is 2.49. The molecule has 150 valence electrons. The molecular weight excluding hydrogens is 361 g/mol. The van der Waals surface area contributed by atoms with Crippen molar-refractivity contribution in [2.24, 2.45) is 4.99 Å². The second-order valence-corrected chi connectivity index (χ2v) is 6.26. The van der Waals surface area contributed by atoms with Crippen molar-refractivity contribution in [3.05, 3.63) is 54.0 Å². The van der Waals surface area contributed by atoms with Crippen molar-refractivity contribution in [1.82, 2.24) is 15.6 Å². The first kappa shape index (κ1) is 21.1. The highest BCUT2D eigenvalue weighted by Gasteiger charge is 2.09. The van der Waals surface area contributed by atoms with E-state index in [1.165, 1.54) is 6.07 Å². The highest BCUT2D eigenvalue weighted by atomic mass is 19.1. The Morgan fingerprint density at radius 3 is 2.71 bits per heavy atom. The molecule has 0 aliphatic rings. The number of anilines is 1. The number of hydrogen-bond donors (Lipinski definition) is 3. The zero-order valence-corrected chi connectivity index (χ0v) is 16.3. The molecule has 0 bridgehead atoms. The van der Waals surface area contributed by atoms with E-state index in [1.807, 2.05) is 19.9 Å². The van der Waals surface area contributed by atoms with Crippen LogP contribution in [-0.4, -0.2) is 43.1 Å². The molecule has 1 aromatic carbocycles. The van der Waals surface area contributed by atoms with Crippen molar-refractivity contribution in [2.75, 3.05) is 25.5 Å². The lowest BCUT2D eigenvalue weighted by molar-refractivity contribution is -0.116. The summed E-state index contributed by atoms with van der Waals surface area (Å²) in [6, 6.07) is 9.92. The van der Waals surface area contributed by atoms with E-state index in [0.717, 1.165) is 5.56 Å². The molecule has 1 heterocycles. The van der Waals surface area contributed by atoms with E-state index in [0.29, 0.717) is 24.9 Å². The van der Waals surface area contributed by atoms with Crippen molar-refractivity contribution in [1.29, 1.82) is 0 Å². The van der Waals surface area contributed by atoms with Crippen LogP contribution in [0.3, 0.4) is 0 Å². The molecule has 1 unspecified atom stereocenters. The van der Waals surface area contributed by atoms with Crippen LogP contribution in [0.15, 0.2) is 47.6 Å². The van der Waals surface area contributed by atoms with E-state index < -0.39 is 5.82 Å². The first-order chi connectivity index (χ1) is 13.5. The molecule has 8 heteroatoms. The average molecular weight is 387 g/mol. The standard InChI is InChI=1S/C20H26FN5O2/c1-14-8-9-18(24-12-14)26-19(27)10-11-23-20(22-3)25-13-15(2)28-17-7-5-4-6-16(17)21/h4-9,12,15H,10-11,13H2,1-3H3,(H2,22,23,25)(H,24,26,27). The third-order valence-electron chi connectivity index (χ3n) is 3.77. The molecule has 0 aliphatic heterocycles. The van der Waals surface area contributed by atoms with Gasteiger partial charge in [0.05, 0.1) is 6.54 Å². The molecule has 1 atom stereocenters. The Hall–Kier alpha value is -3.16. The summed E-state index contributed by atoms with van der Waals surface area (Å²) in [6.45, 7) is 4.59. The van der Waals surface area contributed by atoms with Crippen LogP contribution in [0.1, 0.15) is 18.9 Å². The molecule has 7 nitrogen and oxygen atoms in total. The van der Waals surface area contributed by atoms with E-state index in [9.17, 15) is 9.18 Å². The van der Waals surface area contributed by atoms with Crippen LogP contribution in [0.4, 0.5) is 10.2 Å². The summed E-state index contributed by atoms with van der Waals surface area (Å²) in [5, 5.41) is 8.88. The van der Waals surface area contributed by atoms with Crippen LogP contribution in [0.25, 0.3) is 0 Å². The Kier molecular flexibility index (Phi) is 8.20. The molecule has 1 amide bonds. The Morgan fingerprint density at radius 1 is 1.25 bits per heavy atom. The van der Waals surface area contributed by atoms with Gasteiger partial charge in [0.15, 0.2) is 17.5 Å². The normalized spacial score (nSPS) is 12.2. The van der Waals surface area contributed by atoms with Crippen LogP contribution in [0, 0.1) is 12.7 Å². The number of nitrogens with zero attached hydrogens (tertiary/aromatic N) is 2. The number of ether oxygens (including phenoxy) is 1. The van der Waals surface area contributed by atoms with Gasteiger partial charge in [0, 0.05) is 26.2 Å². The molecule has 1 aromatic heterocycles. The van der Waals surface area contributed by atoms with Crippen molar-refractivity contribution in [2.45, 2.75) is 26.4 Å². The maximum atomic E-state index is 13.6. The third-order valence-corrected chi connectivity index (χ3v) is 3.77. The maximum absolute atomic E-state index is 13.6. The molecule has 2 aromatic rings. The number of para-hydroxylation sites is 1. The number of amides is 1. The molecule has 28 heavy (non-hydrogen) atoms. The van der Waals surface area contributed by atoms with Gasteiger partial charge in [0.2, 0.25) is 5.91 Å². The monoisotopic (exact) mass is 387 g/mol. The predicted molar refractivity (Wildman–Crippen MR) is 108 cm³/mol. The lowest BCUT2D eigenvalue weighted by Gasteiger charge is -2.18. The Bertz CT molecular complexity index is 795. The number of guanidine groups is 1. The van der Waals surface area contributed by atoms with Crippen LogP contribution in [-0.2, 0) is 4.79 Å². The van der Waals surface area contributed by atoms with Crippen LogP contribution in [0.2, 0.25) is 0 Å². The summed E-state index contributed by atoms with van der Waals surface area (Å²) in [5.41, 5.74) is 1.03. The van der Waals surface area contributed by atoms with Gasteiger partial charge in [0.1, 0.15) is 11.9 Å². The van der Waals surface area contributed by atoms with Crippen LogP contribution >= 0.6 is 0 Å². The summed E-state index contributed by atoms with van der Waals surface area (Å²) >= 11 is 0. The largest absolute Gasteiger partial charge is 0.486 e. The second-order valence-electron chi connectivity index (χ2n) is 6.26. The number of halogens is 1. The molecule has 0 spiro atoms. The minimum atomic E-state index is -0.397. The van der Waals surface area contributed by atoms with Gasteiger partial charge in [-0.2, -0.15) is 0 Å². The first-order valence-electron chi connectivity index (χ1n) is 9.06. The number of rotatable bonds is 8. The van der Waals surface area contributed by atoms with Gasteiger partial charge in [0.25, 0.3) is 0 Å². The topological polar surface area (TPSA) is 87.6 Å². The summed E-state index contributed by atoms with van der Waals surface area (Å²) in [7, 11) is 1.63. The molecule has 0 fully saturated rings. The lowest BCUT2D eigenvalue weighted by atomic mass is 10.3. The number of aryl methyl sites for hydroxylation is 1. The number of aliphatic imine (C=N–C) groups is 1. The number of benzene rings is 1. The fraction of sp³-hybridized carbons (Fsp3) is 0.350.